The zero-order valence-electron chi connectivity index (χ0n) is 14.3. The summed E-state index contributed by atoms with van der Waals surface area (Å²) in [7, 11) is 4.28. The highest BCUT2D eigenvalue weighted by Crippen LogP contribution is 2.43. The predicted octanol–water partition coefficient (Wildman–Crippen LogP) is 4.15. The summed E-state index contributed by atoms with van der Waals surface area (Å²) >= 11 is 0. The molecule has 0 aliphatic carbocycles. The first-order chi connectivity index (χ1) is 11.2. The van der Waals surface area contributed by atoms with Crippen LogP contribution in [0.15, 0.2) is 54.6 Å². The Morgan fingerprint density at radius 3 is 2.22 bits per heavy atom. The van der Waals surface area contributed by atoms with Gasteiger partial charge in [0.15, 0.2) is 0 Å². The van der Waals surface area contributed by atoms with Crippen LogP contribution < -0.4 is 9.80 Å². The number of hydrogen-bond acceptors (Lipinski definition) is 3. The van der Waals surface area contributed by atoms with Gasteiger partial charge in [-0.1, -0.05) is 42.5 Å². The molecule has 1 radical (unpaired) electrons. The van der Waals surface area contributed by atoms with Crippen LogP contribution in [0.4, 0.5) is 11.4 Å². The van der Waals surface area contributed by atoms with Gasteiger partial charge in [0.05, 0.1) is 17.4 Å². The number of para-hydroxylation sites is 2. The molecular formula is C20H26N3. The molecule has 3 nitrogen and oxygen atoms in total. The van der Waals surface area contributed by atoms with Crippen LogP contribution in [0.25, 0.3) is 0 Å². The van der Waals surface area contributed by atoms with E-state index in [0.29, 0.717) is 6.04 Å². The van der Waals surface area contributed by atoms with Crippen LogP contribution in [-0.4, -0.2) is 32.1 Å². The zero-order valence-corrected chi connectivity index (χ0v) is 14.3. The van der Waals surface area contributed by atoms with Gasteiger partial charge in [0, 0.05) is 6.54 Å². The average Bonchev–Trinajstić information content (AvgIpc) is 2.95. The van der Waals surface area contributed by atoms with Crippen molar-refractivity contribution >= 4 is 11.4 Å². The second-order valence-corrected chi connectivity index (χ2v) is 6.32. The maximum absolute atomic E-state index is 2.44. The van der Waals surface area contributed by atoms with Crippen LogP contribution in [0.5, 0.6) is 0 Å². The number of nitrogens with zero attached hydrogens (tertiary/aromatic N) is 3. The Hall–Kier alpha value is -2.00. The Bertz CT molecular complexity index is 624. The summed E-state index contributed by atoms with van der Waals surface area (Å²) in [6.07, 6.45) is 1.10. The van der Waals surface area contributed by atoms with E-state index >= 15 is 0 Å². The highest BCUT2D eigenvalue weighted by atomic mass is 15.4. The van der Waals surface area contributed by atoms with Crippen molar-refractivity contribution in [2.45, 2.75) is 19.4 Å². The topological polar surface area (TPSA) is 9.72 Å². The fraction of sp³-hybridized carbons (Fsp3) is 0.350. The van der Waals surface area contributed by atoms with Gasteiger partial charge < -0.3 is 14.7 Å². The molecule has 3 heteroatoms. The molecule has 1 atom stereocenters. The van der Waals surface area contributed by atoms with Crippen LogP contribution in [0.3, 0.4) is 0 Å². The Balaban J connectivity index is 1.94. The van der Waals surface area contributed by atoms with Crippen LogP contribution >= 0.6 is 0 Å². The number of anilines is 2. The van der Waals surface area contributed by atoms with Crippen molar-refractivity contribution in [3.05, 3.63) is 66.8 Å². The lowest BCUT2D eigenvalue weighted by Gasteiger charge is -2.31. The van der Waals surface area contributed by atoms with Gasteiger partial charge >= 0.3 is 0 Å². The monoisotopic (exact) mass is 308 g/mol. The molecule has 2 aromatic carbocycles. The summed E-state index contributed by atoms with van der Waals surface area (Å²) < 4.78 is 0. The lowest BCUT2D eigenvalue weighted by Crippen LogP contribution is -2.31. The van der Waals surface area contributed by atoms with Gasteiger partial charge in [-0.05, 0) is 51.7 Å². The van der Waals surface area contributed by atoms with E-state index in [-0.39, 0.29) is 0 Å². The molecule has 121 valence electrons. The maximum atomic E-state index is 2.44. The first-order valence-electron chi connectivity index (χ1n) is 8.39. The SMILES string of the molecule is CCN1[CH]N([C@H](CCN(C)C)c2ccccc2)c2ccccc21. The van der Waals surface area contributed by atoms with Crippen molar-refractivity contribution in [2.75, 3.05) is 37.0 Å². The second-order valence-electron chi connectivity index (χ2n) is 6.32. The molecule has 2 aromatic rings. The van der Waals surface area contributed by atoms with E-state index < -0.39 is 0 Å². The molecule has 0 bridgehead atoms. The van der Waals surface area contributed by atoms with Gasteiger partial charge in [-0.2, -0.15) is 0 Å². The van der Waals surface area contributed by atoms with Crippen molar-refractivity contribution in [2.24, 2.45) is 0 Å². The molecule has 0 aromatic heterocycles. The third kappa shape index (κ3) is 3.35. The molecule has 23 heavy (non-hydrogen) atoms. The molecule has 0 saturated heterocycles. The lowest BCUT2D eigenvalue weighted by atomic mass is 10.0. The minimum Gasteiger partial charge on any atom is -0.346 e. The van der Waals surface area contributed by atoms with Crippen LogP contribution in [-0.2, 0) is 0 Å². The molecule has 0 N–H and O–H groups in total. The zero-order chi connectivity index (χ0) is 16.2. The van der Waals surface area contributed by atoms with Crippen molar-refractivity contribution < 1.29 is 0 Å². The molecule has 0 unspecified atom stereocenters. The Kier molecular flexibility index (Phi) is 4.87. The first-order valence-corrected chi connectivity index (χ1v) is 8.39. The van der Waals surface area contributed by atoms with Crippen LogP contribution in [0.1, 0.15) is 24.9 Å². The summed E-state index contributed by atoms with van der Waals surface area (Å²) in [5, 5.41) is 0. The van der Waals surface area contributed by atoms with Gasteiger partial charge in [-0.15, -0.1) is 0 Å². The molecule has 1 aliphatic rings. The number of fused-ring (bicyclic) bond motifs is 1. The summed E-state index contributed by atoms with van der Waals surface area (Å²) in [5.41, 5.74) is 3.99. The van der Waals surface area contributed by atoms with Gasteiger partial charge in [-0.3, -0.25) is 0 Å². The van der Waals surface area contributed by atoms with Crippen molar-refractivity contribution in [3.63, 3.8) is 0 Å². The molecule has 1 heterocycles. The van der Waals surface area contributed by atoms with E-state index in [2.05, 4.69) is 97.0 Å². The Labute approximate surface area is 140 Å². The summed E-state index contributed by atoms with van der Waals surface area (Å²) in [6, 6.07) is 19.9. The first kappa shape index (κ1) is 15.9. The minimum absolute atomic E-state index is 0.358. The van der Waals surface area contributed by atoms with Gasteiger partial charge in [0.1, 0.15) is 6.67 Å². The lowest BCUT2D eigenvalue weighted by molar-refractivity contribution is 0.379. The number of rotatable bonds is 6. The van der Waals surface area contributed by atoms with E-state index in [0.717, 1.165) is 19.5 Å². The minimum atomic E-state index is 0.358. The third-order valence-corrected chi connectivity index (χ3v) is 4.44. The van der Waals surface area contributed by atoms with E-state index in [1.165, 1.54) is 16.9 Å². The molecule has 0 spiro atoms. The van der Waals surface area contributed by atoms with Crippen molar-refractivity contribution in [1.29, 1.82) is 0 Å². The molecule has 1 aliphatic heterocycles. The fourth-order valence-electron chi connectivity index (χ4n) is 3.22. The molecule has 0 fully saturated rings. The Morgan fingerprint density at radius 1 is 0.913 bits per heavy atom. The maximum Gasteiger partial charge on any atom is 0.142 e. The molecule has 0 saturated carbocycles. The highest BCUT2D eigenvalue weighted by Gasteiger charge is 2.31. The molecule has 3 rings (SSSR count). The molecular weight excluding hydrogens is 282 g/mol. The van der Waals surface area contributed by atoms with Gasteiger partial charge in [-0.25, -0.2) is 0 Å². The third-order valence-electron chi connectivity index (χ3n) is 4.44. The quantitative estimate of drug-likeness (QED) is 0.794. The summed E-state index contributed by atoms with van der Waals surface area (Å²) in [4.78, 5) is 7.04. The standard InChI is InChI=1S/C20H26N3/c1-4-22-16-23(20-13-9-8-12-19(20)22)18(14-15-21(2)3)17-10-6-5-7-11-17/h5-13,16,18H,4,14-15H2,1-3H3/t18-/m1/s1. The van der Waals surface area contributed by atoms with Gasteiger partial charge in [0.2, 0.25) is 0 Å². The predicted molar refractivity (Wildman–Crippen MR) is 98.6 cm³/mol. The van der Waals surface area contributed by atoms with Crippen LogP contribution in [0.2, 0.25) is 0 Å². The normalized spacial score (nSPS) is 15.1. The van der Waals surface area contributed by atoms with Crippen molar-refractivity contribution in [3.8, 4) is 0 Å². The largest absolute Gasteiger partial charge is 0.346 e. The van der Waals surface area contributed by atoms with Crippen LogP contribution in [0, 0.1) is 6.67 Å². The van der Waals surface area contributed by atoms with Gasteiger partial charge in [0.25, 0.3) is 0 Å². The van der Waals surface area contributed by atoms with E-state index in [1.807, 2.05) is 0 Å². The molecule has 0 amide bonds. The smallest absolute Gasteiger partial charge is 0.142 e. The fourth-order valence-corrected chi connectivity index (χ4v) is 3.22. The summed E-state index contributed by atoms with van der Waals surface area (Å²) in [5.74, 6) is 0. The number of benzene rings is 2. The highest BCUT2D eigenvalue weighted by molar-refractivity contribution is 5.79. The Morgan fingerprint density at radius 2 is 1.57 bits per heavy atom. The number of hydrogen-bond donors (Lipinski definition) is 0. The average molecular weight is 308 g/mol. The second kappa shape index (κ2) is 7.05. The summed E-state index contributed by atoms with van der Waals surface area (Å²) in [6.45, 7) is 6.53. The van der Waals surface area contributed by atoms with E-state index in [4.69, 9.17) is 0 Å². The van der Waals surface area contributed by atoms with E-state index in [9.17, 15) is 0 Å². The van der Waals surface area contributed by atoms with Crippen molar-refractivity contribution in [1.82, 2.24) is 4.90 Å². The van der Waals surface area contributed by atoms with E-state index in [1.54, 1.807) is 0 Å².